The molecule has 3 rings (SSSR count). The maximum Gasteiger partial charge on any atom is 0.325 e. The number of aliphatic carboxylic acids is 1. The molecule has 2 atom stereocenters. The van der Waals surface area contributed by atoms with Crippen LogP contribution in [0.1, 0.15) is 24.5 Å². The van der Waals surface area contributed by atoms with Crippen LogP contribution in [0.4, 0.5) is 4.79 Å². The number of imide groups is 1. The number of carboxylic acid groups (broad SMARTS) is 1. The second-order valence-electron chi connectivity index (χ2n) is 6.01. The summed E-state index contributed by atoms with van der Waals surface area (Å²) in [6.07, 6.45) is 1.11. The smallest absolute Gasteiger partial charge is 0.325 e. The van der Waals surface area contributed by atoms with Crippen LogP contribution in [-0.2, 0) is 26.3 Å². The molecule has 1 aromatic carbocycles. The van der Waals surface area contributed by atoms with Gasteiger partial charge in [0.2, 0.25) is 5.91 Å². The van der Waals surface area contributed by atoms with E-state index in [9.17, 15) is 19.2 Å². The van der Waals surface area contributed by atoms with Crippen LogP contribution < -0.4 is 10.6 Å². The number of hydrogen-bond donors (Lipinski definition) is 3. The van der Waals surface area contributed by atoms with Crippen molar-refractivity contribution >= 4 is 23.8 Å². The van der Waals surface area contributed by atoms with Gasteiger partial charge in [0.1, 0.15) is 18.1 Å². The molecule has 0 aromatic heterocycles. The number of carbonyl (C=O) groups excluding carboxylic acids is 3. The number of nitrogens with one attached hydrogen (secondary N) is 2. The molecule has 0 saturated carbocycles. The number of amides is 4. The number of hydrogen-bond acceptors (Lipinski definition) is 4. The van der Waals surface area contributed by atoms with Crippen molar-refractivity contribution in [3.63, 3.8) is 0 Å². The van der Waals surface area contributed by atoms with E-state index in [0.29, 0.717) is 12.8 Å². The lowest BCUT2D eigenvalue weighted by Gasteiger charge is -2.22. The first-order valence-electron chi connectivity index (χ1n) is 7.60. The maximum absolute atomic E-state index is 12.8. The molecule has 2 aliphatic rings. The molecule has 0 radical (unpaired) electrons. The first-order chi connectivity index (χ1) is 11.3. The van der Waals surface area contributed by atoms with Crippen molar-refractivity contribution in [3.05, 3.63) is 35.4 Å². The largest absolute Gasteiger partial charge is 0.480 e. The van der Waals surface area contributed by atoms with E-state index in [-0.39, 0.29) is 0 Å². The molecule has 1 aliphatic carbocycles. The minimum atomic E-state index is -1.19. The van der Waals surface area contributed by atoms with E-state index in [1.165, 1.54) is 6.92 Å². The topological polar surface area (TPSA) is 116 Å². The van der Waals surface area contributed by atoms with Crippen molar-refractivity contribution < 1.29 is 24.3 Å². The van der Waals surface area contributed by atoms with E-state index in [4.69, 9.17) is 5.11 Å². The van der Waals surface area contributed by atoms with Gasteiger partial charge in [0.05, 0.1) is 0 Å². The summed E-state index contributed by atoms with van der Waals surface area (Å²) in [4.78, 5) is 48.5. The molecule has 0 bridgehead atoms. The van der Waals surface area contributed by atoms with Gasteiger partial charge in [-0.25, -0.2) is 4.79 Å². The molecule has 24 heavy (non-hydrogen) atoms. The Morgan fingerprint density at radius 1 is 1.38 bits per heavy atom. The number of carboxylic acids is 1. The van der Waals surface area contributed by atoms with Crippen LogP contribution in [0.2, 0.25) is 0 Å². The summed E-state index contributed by atoms with van der Waals surface area (Å²) in [5.41, 5.74) is 0.633. The van der Waals surface area contributed by atoms with E-state index >= 15 is 0 Å². The Hall–Kier alpha value is -2.90. The number of benzene rings is 1. The number of nitrogens with zero attached hydrogens (tertiary/aromatic N) is 1. The fourth-order valence-corrected chi connectivity index (χ4v) is 3.23. The van der Waals surface area contributed by atoms with Crippen molar-refractivity contribution in [1.29, 1.82) is 0 Å². The van der Waals surface area contributed by atoms with Crippen LogP contribution in [0.5, 0.6) is 0 Å². The first-order valence-corrected chi connectivity index (χ1v) is 7.60. The molecule has 1 spiro atoms. The van der Waals surface area contributed by atoms with Gasteiger partial charge in [-0.1, -0.05) is 24.3 Å². The standard InChI is InChI=1S/C16H17N3O5/c1-9(13(21)22)17-12(20)8-19-14(23)16(18-15(19)24)7-6-10-4-2-3-5-11(10)16/h2-5,9H,6-8H2,1H3,(H,17,20)(H,18,24)(H,21,22)/t9-,16?/m1/s1. The van der Waals surface area contributed by atoms with Crippen LogP contribution in [-0.4, -0.2) is 46.4 Å². The number of rotatable bonds is 4. The highest BCUT2D eigenvalue weighted by Crippen LogP contribution is 2.41. The van der Waals surface area contributed by atoms with Gasteiger partial charge in [-0.05, 0) is 30.9 Å². The summed E-state index contributed by atoms with van der Waals surface area (Å²) in [6.45, 7) is 0.799. The Balaban J connectivity index is 1.79. The van der Waals surface area contributed by atoms with Gasteiger partial charge in [-0.2, -0.15) is 0 Å². The Morgan fingerprint density at radius 3 is 2.79 bits per heavy atom. The molecule has 1 saturated heterocycles. The van der Waals surface area contributed by atoms with Crippen molar-refractivity contribution in [2.24, 2.45) is 0 Å². The molecular formula is C16H17N3O5. The van der Waals surface area contributed by atoms with Crippen LogP contribution in [0.3, 0.4) is 0 Å². The van der Waals surface area contributed by atoms with E-state index in [1.807, 2.05) is 12.1 Å². The lowest BCUT2D eigenvalue weighted by molar-refractivity contribution is -0.141. The molecule has 1 fully saturated rings. The Kier molecular flexibility index (Phi) is 3.75. The molecule has 1 unspecified atom stereocenters. The van der Waals surface area contributed by atoms with Gasteiger partial charge in [0.15, 0.2) is 0 Å². The van der Waals surface area contributed by atoms with Gasteiger partial charge in [0.25, 0.3) is 5.91 Å². The van der Waals surface area contributed by atoms with Crippen LogP contribution in [0.25, 0.3) is 0 Å². The maximum atomic E-state index is 12.8. The zero-order chi connectivity index (χ0) is 17.5. The monoisotopic (exact) mass is 331 g/mol. The quantitative estimate of drug-likeness (QED) is 0.670. The fourth-order valence-electron chi connectivity index (χ4n) is 3.23. The van der Waals surface area contributed by atoms with Gasteiger partial charge < -0.3 is 15.7 Å². The number of fused-ring (bicyclic) bond motifs is 2. The zero-order valence-corrected chi connectivity index (χ0v) is 13.0. The number of aryl methyl sites for hydroxylation is 1. The minimum Gasteiger partial charge on any atom is -0.480 e. The summed E-state index contributed by atoms with van der Waals surface area (Å²) in [6, 6.07) is 5.64. The lowest BCUT2D eigenvalue weighted by Crippen LogP contribution is -2.46. The minimum absolute atomic E-state index is 0.445. The molecule has 1 aromatic rings. The summed E-state index contributed by atoms with van der Waals surface area (Å²) in [5, 5.41) is 13.7. The molecule has 8 heteroatoms. The third-order valence-electron chi connectivity index (χ3n) is 4.47. The van der Waals surface area contributed by atoms with Crippen molar-refractivity contribution in [1.82, 2.24) is 15.5 Å². The Morgan fingerprint density at radius 2 is 2.08 bits per heavy atom. The summed E-state index contributed by atoms with van der Waals surface area (Å²) in [7, 11) is 0. The first kappa shape index (κ1) is 16.0. The SMILES string of the molecule is C[C@@H](NC(=O)CN1C(=O)NC2(CCc3ccccc32)C1=O)C(=O)O. The summed E-state index contributed by atoms with van der Waals surface area (Å²) < 4.78 is 0. The van der Waals surface area contributed by atoms with E-state index in [1.54, 1.807) is 12.1 Å². The zero-order valence-electron chi connectivity index (χ0n) is 13.0. The fraction of sp³-hybridized carbons (Fsp3) is 0.375. The van der Waals surface area contributed by atoms with E-state index in [2.05, 4.69) is 10.6 Å². The van der Waals surface area contributed by atoms with Crippen molar-refractivity contribution in [2.75, 3.05) is 6.54 Å². The molecule has 1 aliphatic heterocycles. The van der Waals surface area contributed by atoms with Crippen LogP contribution in [0, 0.1) is 0 Å². The predicted octanol–water partition coefficient (Wildman–Crippen LogP) is -0.0308. The third-order valence-corrected chi connectivity index (χ3v) is 4.47. The Bertz CT molecular complexity index is 747. The summed E-state index contributed by atoms with van der Waals surface area (Å²) in [5.74, 6) is -2.37. The second kappa shape index (κ2) is 5.63. The van der Waals surface area contributed by atoms with Gasteiger partial charge in [-0.3, -0.25) is 19.3 Å². The second-order valence-corrected chi connectivity index (χ2v) is 6.01. The highest BCUT2D eigenvalue weighted by atomic mass is 16.4. The molecule has 4 amide bonds. The van der Waals surface area contributed by atoms with Gasteiger partial charge in [-0.15, -0.1) is 0 Å². The Labute approximate surface area is 137 Å². The average molecular weight is 331 g/mol. The van der Waals surface area contributed by atoms with Crippen molar-refractivity contribution in [2.45, 2.75) is 31.3 Å². The average Bonchev–Trinajstić information content (AvgIpc) is 3.02. The molecule has 8 nitrogen and oxygen atoms in total. The molecule has 1 heterocycles. The van der Waals surface area contributed by atoms with E-state index in [0.717, 1.165) is 16.0 Å². The van der Waals surface area contributed by atoms with Crippen LogP contribution in [0.15, 0.2) is 24.3 Å². The molecular weight excluding hydrogens is 314 g/mol. The number of urea groups is 1. The molecule has 3 N–H and O–H groups in total. The number of carbonyl (C=O) groups is 4. The predicted molar refractivity (Wildman–Crippen MR) is 81.9 cm³/mol. The van der Waals surface area contributed by atoms with Crippen LogP contribution >= 0.6 is 0 Å². The third kappa shape index (κ3) is 2.40. The van der Waals surface area contributed by atoms with E-state index < -0.39 is 41.9 Å². The molecule has 126 valence electrons. The van der Waals surface area contributed by atoms with Crippen molar-refractivity contribution in [3.8, 4) is 0 Å². The van der Waals surface area contributed by atoms with Gasteiger partial charge >= 0.3 is 12.0 Å². The lowest BCUT2D eigenvalue weighted by atomic mass is 9.92. The summed E-state index contributed by atoms with van der Waals surface area (Å²) >= 11 is 0. The van der Waals surface area contributed by atoms with Gasteiger partial charge in [0, 0.05) is 0 Å². The highest BCUT2D eigenvalue weighted by molar-refractivity contribution is 6.10. The normalized spacial score (nSPS) is 23.1. The highest BCUT2D eigenvalue weighted by Gasteiger charge is 2.55.